The van der Waals surface area contributed by atoms with Gasteiger partial charge in [-0.3, -0.25) is 4.79 Å². The summed E-state index contributed by atoms with van der Waals surface area (Å²) in [6.45, 7) is 2.89. The average molecular weight is 284 g/mol. The Hall–Kier alpha value is -2.33. The van der Waals surface area contributed by atoms with Crippen molar-refractivity contribution in [3.8, 4) is 0 Å². The first-order valence-electron chi connectivity index (χ1n) is 6.82. The Labute approximate surface area is 124 Å². The summed E-state index contributed by atoms with van der Waals surface area (Å²) >= 11 is 0. The largest absolute Gasteiger partial charge is 0.399 e. The molecule has 0 aliphatic carbocycles. The van der Waals surface area contributed by atoms with Crippen molar-refractivity contribution < 1.29 is 9.53 Å². The van der Waals surface area contributed by atoms with Crippen LogP contribution in [0.3, 0.4) is 0 Å². The van der Waals surface area contributed by atoms with Gasteiger partial charge in [0.2, 0.25) is 0 Å². The Bertz CT molecular complexity index is 638. The number of hydrogen-bond acceptors (Lipinski definition) is 3. The number of anilines is 1. The predicted molar refractivity (Wildman–Crippen MR) is 83.9 cm³/mol. The summed E-state index contributed by atoms with van der Waals surface area (Å²) in [7, 11) is 1.66. The van der Waals surface area contributed by atoms with Crippen molar-refractivity contribution in [3.05, 3.63) is 64.7 Å². The van der Waals surface area contributed by atoms with Crippen LogP contribution in [0, 0.1) is 6.92 Å². The molecule has 110 valence electrons. The number of amides is 1. The zero-order chi connectivity index (χ0) is 15.2. The first-order chi connectivity index (χ1) is 10.1. The maximum absolute atomic E-state index is 12.3. The Morgan fingerprint density at radius 1 is 1.19 bits per heavy atom. The lowest BCUT2D eigenvalue weighted by Crippen LogP contribution is -2.24. The molecule has 0 aromatic heterocycles. The highest BCUT2D eigenvalue weighted by Gasteiger charge is 2.10. The number of nitrogens with two attached hydrogens (primary N) is 1. The lowest BCUT2D eigenvalue weighted by atomic mass is 10.1. The van der Waals surface area contributed by atoms with E-state index in [2.05, 4.69) is 5.32 Å². The number of carbonyl (C=O) groups excluding carboxylic acids is 1. The van der Waals surface area contributed by atoms with E-state index in [0.717, 1.165) is 16.7 Å². The molecule has 0 aliphatic heterocycles. The minimum atomic E-state index is -0.119. The van der Waals surface area contributed by atoms with Gasteiger partial charge in [-0.25, -0.2) is 0 Å². The normalized spacial score (nSPS) is 10.4. The van der Waals surface area contributed by atoms with E-state index < -0.39 is 0 Å². The maximum atomic E-state index is 12.3. The molecule has 0 fully saturated rings. The molecule has 1 amide bonds. The first kappa shape index (κ1) is 15.1. The third-order valence-corrected chi connectivity index (χ3v) is 3.36. The van der Waals surface area contributed by atoms with Gasteiger partial charge in [0.15, 0.2) is 0 Å². The van der Waals surface area contributed by atoms with Crippen LogP contribution in [-0.4, -0.2) is 13.0 Å². The summed E-state index contributed by atoms with van der Waals surface area (Å²) in [5.41, 5.74) is 9.97. The molecule has 2 aromatic carbocycles. The SMILES string of the molecule is COCc1ccccc1CNC(=O)c1cc(N)ccc1C. The second kappa shape index (κ2) is 6.90. The molecule has 0 saturated carbocycles. The zero-order valence-corrected chi connectivity index (χ0v) is 12.3. The molecule has 2 aromatic rings. The van der Waals surface area contributed by atoms with Crippen molar-refractivity contribution in [2.75, 3.05) is 12.8 Å². The van der Waals surface area contributed by atoms with Crippen LogP contribution in [0.5, 0.6) is 0 Å². The first-order valence-corrected chi connectivity index (χ1v) is 6.82. The monoisotopic (exact) mass is 284 g/mol. The van der Waals surface area contributed by atoms with Crippen LogP contribution in [-0.2, 0) is 17.9 Å². The summed E-state index contributed by atoms with van der Waals surface area (Å²) < 4.78 is 5.17. The third-order valence-electron chi connectivity index (χ3n) is 3.36. The van der Waals surface area contributed by atoms with Crippen LogP contribution in [0.1, 0.15) is 27.0 Å². The van der Waals surface area contributed by atoms with Crippen molar-refractivity contribution in [1.29, 1.82) is 0 Å². The predicted octanol–water partition coefficient (Wildman–Crippen LogP) is 2.65. The quantitative estimate of drug-likeness (QED) is 0.830. The van der Waals surface area contributed by atoms with Gasteiger partial charge >= 0.3 is 0 Å². The van der Waals surface area contributed by atoms with Crippen LogP contribution in [0.25, 0.3) is 0 Å². The fourth-order valence-corrected chi connectivity index (χ4v) is 2.18. The van der Waals surface area contributed by atoms with E-state index in [-0.39, 0.29) is 5.91 Å². The number of nitrogen functional groups attached to an aromatic ring is 1. The van der Waals surface area contributed by atoms with Crippen molar-refractivity contribution in [1.82, 2.24) is 5.32 Å². The summed E-state index contributed by atoms with van der Waals surface area (Å²) in [6.07, 6.45) is 0. The molecule has 4 heteroatoms. The summed E-state index contributed by atoms with van der Waals surface area (Å²) in [4.78, 5) is 12.3. The van der Waals surface area contributed by atoms with Gasteiger partial charge < -0.3 is 15.8 Å². The van der Waals surface area contributed by atoms with Gasteiger partial charge in [-0.05, 0) is 35.7 Å². The lowest BCUT2D eigenvalue weighted by molar-refractivity contribution is 0.0950. The molecule has 0 radical (unpaired) electrons. The van der Waals surface area contributed by atoms with E-state index in [4.69, 9.17) is 10.5 Å². The van der Waals surface area contributed by atoms with Gasteiger partial charge in [-0.15, -0.1) is 0 Å². The second-order valence-electron chi connectivity index (χ2n) is 4.96. The molecular weight excluding hydrogens is 264 g/mol. The van der Waals surface area contributed by atoms with Crippen molar-refractivity contribution in [2.24, 2.45) is 0 Å². The minimum absolute atomic E-state index is 0.119. The fourth-order valence-electron chi connectivity index (χ4n) is 2.18. The van der Waals surface area contributed by atoms with Crippen LogP contribution >= 0.6 is 0 Å². The second-order valence-corrected chi connectivity index (χ2v) is 4.96. The Morgan fingerprint density at radius 2 is 1.90 bits per heavy atom. The number of nitrogens with one attached hydrogen (secondary N) is 1. The fraction of sp³-hybridized carbons (Fsp3) is 0.235. The lowest BCUT2D eigenvalue weighted by Gasteiger charge is -2.11. The van der Waals surface area contributed by atoms with Crippen molar-refractivity contribution in [2.45, 2.75) is 20.1 Å². The molecule has 0 spiro atoms. The van der Waals surface area contributed by atoms with Gasteiger partial charge in [0.25, 0.3) is 5.91 Å². The molecule has 3 N–H and O–H groups in total. The molecule has 0 saturated heterocycles. The van der Waals surface area contributed by atoms with E-state index in [9.17, 15) is 4.79 Å². The highest BCUT2D eigenvalue weighted by atomic mass is 16.5. The number of ether oxygens (including phenoxy) is 1. The van der Waals surface area contributed by atoms with E-state index in [0.29, 0.717) is 24.4 Å². The van der Waals surface area contributed by atoms with Crippen molar-refractivity contribution >= 4 is 11.6 Å². The minimum Gasteiger partial charge on any atom is -0.399 e. The summed E-state index contributed by atoms with van der Waals surface area (Å²) in [5, 5.41) is 2.93. The molecule has 0 bridgehead atoms. The van der Waals surface area contributed by atoms with E-state index >= 15 is 0 Å². The van der Waals surface area contributed by atoms with Crippen LogP contribution in [0.2, 0.25) is 0 Å². The number of aryl methyl sites for hydroxylation is 1. The molecular formula is C17H20N2O2. The molecule has 0 heterocycles. The van der Waals surface area contributed by atoms with Gasteiger partial charge in [0.05, 0.1) is 6.61 Å². The number of rotatable bonds is 5. The van der Waals surface area contributed by atoms with Gasteiger partial charge in [-0.1, -0.05) is 30.3 Å². The topological polar surface area (TPSA) is 64.3 Å². The maximum Gasteiger partial charge on any atom is 0.251 e. The van der Waals surface area contributed by atoms with Crippen LogP contribution in [0.15, 0.2) is 42.5 Å². The van der Waals surface area contributed by atoms with Crippen molar-refractivity contribution in [3.63, 3.8) is 0 Å². The van der Waals surface area contributed by atoms with Crippen LogP contribution < -0.4 is 11.1 Å². The zero-order valence-electron chi connectivity index (χ0n) is 12.3. The van der Waals surface area contributed by atoms with Crippen LogP contribution in [0.4, 0.5) is 5.69 Å². The highest BCUT2D eigenvalue weighted by molar-refractivity contribution is 5.96. The molecule has 2 rings (SSSR count). The molecule has 0 unspecified atom stereocenters. The van der Waals surface area contributed by atoms with E-state index in [1.165, 1.54) is 0 Å². The standard InChI is InChI=1S/C17H20N2O2/c1-12-7-8-15(18)9-16(12)17(20)19-10-13-5-3-4-6-14(13)11-21-2/h3-9H,10-11,18H2,1-2H3,(H,19,20). The number of methoxy groups -OCH3 is 1. The highest BCUT2D eigenvalue weighted by Crippen LogP contribution is 2.14. The Balaban J connectivity index is 2.09. The van der Waals surface area contributed by atoms with E-state index in [1.54, 1.807) is 19.2 Å². The average Bonchev–Trinajstić information content (AvgIpc) is 2.49. The molecule has 0 atom stereocenters. The Kier molecular flexibility index (Phi) is 4.95. The Morgan fingerprint density at radius 3 is 2.62 bits per heavy atom. The smallest absolute Gasteiger partial charge is 0.251 e. The van der Waals surface area contributed by atoms with E-state index in [1.807, 2.05) is 37.3 Å². The number of carbonyl (C=O) groups is 1. The summed E-state index contributed by atoms with van der Waals surface area (Å²) in [6, 6.07) is 13.2. The van der Waals surface area contributed by atoms with Gasteiger partial charge in [0, 0.05) is 24.9 Å². The van der Waals surface area contributed by atoms with Gasteiger partial charge in [0.1, 0.15) is 0 Å². The molecule has 21 heavy (non-hydrogen) atoms. The summed E-state index contributed by atoms with van der Waals surface area (Å²) in [5.74, 6) is -0.119. The van der Waals surface area contributed by atoms with Gasteiger partial charge in [-0.2, -0.15) is 0 Å². The molecule has 0 aliphatic rings. The number of hydrogen-bond donors (Lipinski definition) is 2. The third kappa shape index (κ3) is 3.83. The number of benzene rings is 2. The molecule has 4 nitrogen and oxygen atoms in total.